The number of carbonyl (C=O) groups is 2. The van der Waals surface area contributed by atoms with Gasteiger partial charge in [0, 0.05) is 0 Å². The predicted molar refractivity (Wildman–Crippen MR) is 108 cm³/mol. The van der Waals surface area contributed by atoms with E-state index in [4.69, 9.17) is 9.84 Å². The smallest absolute Gasteiger partial charge is 0.416 e. The van der Waals surface area contributed by atoms with Crippen LogP contribution in [0.25, 0.3) is 0 Å². The quantitative estimate of drug-likeness (QED) is 0.509. The van der Waals surface area contributed by atoms with E-state index < -0.39 is 23.6 Å². The van der Waals surface area contributed by atoms with Gasteiger partial charge in [-0.2, -0.15) is 13.2 Å². The van der Waals surface area contributed by atoms with E-state index in [1.807, 2.05) is 0 Å². The summed E-state index contributed by atoms with van der Waals surface area (Å²) in [6.45, 7) is 1.50. The zero-order chi connectivity index (χ0) is 23.5. The summed E-state index contributed by atoms with van der Waals surface area (Å²) in [7, 11) is 0. The van der Waals surface area contributed by atoms with Crippen LogP contribution in [-0.4, -0.2) is 27.1 Å². The van der Waals surface area contributed by atoms with Crippen LogP contribution < -0.4 is 10.1 Å². The Balaban J connectivity index is 1.96. The lowest BCUT2D eigenvalue weighted by atomic mass is 10.1. The minimum absolute atomic E-state index is 0.0897. The summed E-state index contributed by atoms with van der Waals surface area (Å²) in [5.74, 6) is -1.99. The van der Waals surface area contributed by atoms with Gasteiger partial charge in [0.05, 0.1) is 29.6 Å². The van der Waals surface area contributed by atoms with Gasteiger partial charge < -0.3 is 20.3 Å². The Kier molecular flexibility index (Phi) is 6.45. The molecule has 0 aliphatic carbocycles. The summed E-state index contributed by atoms with van der Waals surface area (Å²) < 4.78 is 45.4. The highest BCUT2D eigenvalue weighted by Gasteiger charge is 2.32. The van der Waals surface area contributed by atoms with Crippen molar-refractivity contribution in [2.45, 2.75) is 19.7 Å². The van der Waals surface area contributed by atoms with E-state index in [9.17, 15) is 27.9 Å². The number of rotatable bonds is 6. The van der Waals surface area contributed by atoms with E-state index in [1.165, 1.54) is 12.1 Å². The summed E-state index contributed by atoms with van der Waals surface area (Å²) >= 11 is 0. The number of amides is 1. The molecule has 166 valence electrons. The van der Waals surface area contributed by atoms with E-state index in [-0.39, 0.29) is 29.3 Å². The molecule has 1 heterocycles. The highest BCUT2D eigenvalue weighted by atomic mass is 19.4. The van der Waals surface area contributed by atoms with Gasteiger partial charge in [-0.1, -0.05) is 12.1 Å². The second kappa shape index (κ2) is 9.06. The van der Waals surface area contributed by atoms with Crippen molar-refractivity contribution in [3.8, 4) is 11.5 Å². The lowest BCUT2D eigenvalue weighted by Crippen LogP contribution is -2.15. The number of carboxylic acids is 1. The number of aliphatic hydroxyl groups excluding tert-OH is 1. The summed E-state index contributed by atoms with van der Waals surface area (Å²) in [5, 5.41) is 20.5. The zero-order valence-corrected chi connectivity index (χ0v) is 16.6. The molecular formula is C22H17F3N2O5. The van der Waals surface area contributed by atoms with E-state index in [0.717, 1.165) is 24.4 Å². The van der Waals surface area contributed by atoms with Crippen LogP contribution in [-0.2, 0) is 12.8 Å². The Morgan fingerprint density at radius 2 is 1.78 bits per heavy atom. The molecule has 1 aromatic heterocycles. The van der Waals surface area contributed by atoms with Crippen molar-refractivity contribution in [3.05, 3.63) is 82.7 Å². The fraction of sp³-hybridized carbons (Fsp3) is 0.136. The van der Waals surface area contributed by atoms with Crippen LogP contribution in [0.2, 0.25) is 0 Å². The molecule has 3 rings (SSSR count). The molecule has 0 spiro atoms. The van der Waals surface area contributed by atoms with Crippen LogP contribution >= 0.6 is 0 Å². The molecule has 0 unspecified atom stereocenters. The molecule has 2 aromatic carbocycles. The average Bonchev–Trinajstić information content (AvgIpc) is 2.74. The van der Waals surface area contributed by atoms with Gasteiger partial charge in [-0.05, 0) is 54.4 Å². The first-order valence-corrected chi connectivity index (χ1v) is 9.18. The van der Waals surface area contributed by atoms with Crippen molar-refractivity contribution < 1.29 is 37.7 Å². The van der Waals surface area contributed by atoms with Gasteiger partial charge >= 0.3 is 12.1 Å². The predicted octanol–water partition coefficient (Wildman–Crippen LogP) is 4.64. The molecule has 0 saturated heterocycles. The average molecular weight is 446 g/mol. The van der Waals surface area contributed by atoms with Gasteiger partial charge in [0.15, 0.2) is 0 Å². The Hall–Kier alpha value is -3.92. The number of carboxylic acid groups (broad SMARTS) is 1. The molecule has 0 bridgehead atoms. The minimum atomic E-state index is -4.68. The van der Waals surface area contributed by atoms with Crippen LogP contribution in [0.4, 0.5) is 18.9 Å². The molecule has 7 nitrogen and oxygen atoms in total. The van der Waals surface area contributed by atoms with Crippen molar-refractivity contribution in [1.29, 1.82) is 0 Å². The molecule has 0 fully saturated rings. The minimum Gasteiger partial charge on any atom is -0.477 e. The number of nitrogens with zero attached hydrogens (tertiary/aromatic N) is 1. The van der Waals surface area contributed by atoms with Crippen LogP contribution in [0.1, 0.15) is 37.5 Å². The molecule has 32 heavy (non-hydrogen) atoms. The number of halogens is 3. The number of aromatic nitrogens is 1. The summed E-state index contributed by atoms with van der Waals surface area (Å²) in [6.07, 6.45) is -3.61. The molecule has 3 N–H and O–H groups in total. The number of hydrogen-bond donors (Lipinski definition) is 3. The van der Waals surface area contributed by atoms with Crippen LogP contribution in [0.5, 0.6) is 11.5 Å². The second-order valence-corrected chi connectivity index (χ2v) is 6.76. The van der Waals surface area contributed by atoms with E-state index >= 15 is 0 Å². The number of nitrogens with one attached hydrogen (secondary N) is 1. The lowest BCUT2D eigenvalue weighted by Gasteiger charge is -2.16. The largest absolute Gasteiger partial charge is 0.477 e. The van der Waals surface area contributed by atoms with Crippen LogP contribution in [0.3, 0.4) is 0 Å². The van der Waals surface area contributed by atoms with Crippen molar-refractivity contribution in [1.82, 2.24) is 4.98 Å². The van der Waals surface area contributed by atoms with Crippen molar-refractivity contribution in [2.75, 3.05) is 5.32 Å². The van der Waals surface area contributed by atoms with Crippen LogP contribution in [0.15, 0.2) is 54.7 Å². The molecule has 1 amide bonds. The van der Waals surface area contributed by atoms with E-state index in [2.05, 4.69) is 10.3 Å². The Morgan fingerprint density at radius 3 is 2.34 bits per heavy atom. The Morgan fingerprint density at radius 1 is 1.06 bits per heavy atom. The highest BCUT2D eigenvalue weighted by Crippen LogP contribution is 2.35. The van der Waals surface area contributed by atoms with E-state index in [0.29, 0.717) is 22.9 Å². The zero-order valence-electron chi connectivity index (χ0n) is 16.6. The molecule has 0 atom stereocenters. The first-order valence-electron chi connectivity index (χ1n) is 9.18. The number of hydrogen-bond acceptors (Lipinski definition) is 5. The summed E-state index contributed by atoms with van der Waals surface area (Å²) in [5.41, 5.74) is -0.358. The SMILES string of the molecule is Cc1cc(CO)ccc1Oc1ccc(C(F)(F)F)cc1C(=O)Nc1ccc(C(=O)O)nc1. The number of aryl methyl sites for hydroxylation is 1. The fourth-order valence-corrected chi connectivity index (χ4v) is 2.81. The molecule has 0 aliphatic rings. The maximum absolute atomic E-state index is 13.2. The molecule has 0 aliphatic heterocycles. The third kappa shape index (κ3) is 5.22. The number of alkyl halides is 3. The maximum Gasteiger partial charge on any atom is 0.416 e. The Bertz CT molecular complexity index is 1160. The maximum atomic E-state index is 13.2. The van der Waals surface area contributed by atoms with Gasteiger partial charge in [0.25, 0.3) is 5.91 Å². The van der Waals surface area contributed by atoms with Gasteiger partial charge in [-0.25, -0.2) is 9.78 Å². The lowest BCUT2D eigenvalue weighted by molar-refractivity contribution is -0.137. The van der Waals surface area contributed by atoms with Crippen LogP contribution in [0, 0.1) is 6.92 Å². The van der Waals surface area contributed by atoms with Gasteiger partial charge in [0.1, 0.15) is 17.2 Å². The van der Waals surface area contributed by atoms with Crippen molar-refractivity contribution in [3.63, 3.8) is 0 Å². The van der Waals surface area contributed by atoms with Crippen molar-refractivity contribution >= 4 is 17.6 Å². The van der Waals surface area contributed by atoms with Gasteiger partial charge in [-0.3, -0.25) is 4.79 Å². The van der Waals surface area contributed by atoms with Gasteiger partial charge in [0.2, 0.25) is 0 Å². The number of benzene rings is 2. The first kappa shape index (κ1) is 22.8. The Labute approximate surface area is 180 Å². The van der Waals surface area contributed by atoms with Crippen molar-refractivity contribution in [2.24, 2.45) is 0 Å². The molecule has 10 heteroatoms. The number of pyridine rings is 1. The number of anilines is 1. The monoisotopic (exact) mass is 446 g/mol. The van der Waals surface area contributed by atoms with Gasteiger partial charge in [-0.15, -0.1) is 0 Å². The number of ether oxygens (including phenoxy) is 1. The number of aromatic carboxylic acids is 1. The first-order chi connectivity index (χ1) is 15.1. The third-order valence-corrected chi connectivity index (χ3v) is 4.43. The molecular weight excluding hydrogens is 429 g/mol. The summed E-state index contributed by atoms with van der Waals surface area (Å²) in [6, 6.07) is 9.69. The third-order valence-electron chi connectivity index (χ3n) is 4.43. The topological polar surface area (TPSA) is 109 Å². The summed E-state index contributed by atoms with van der Waals surface area (Å²) in [4.78, 5) is 27.3. The number of carbonyl (C=O) groups excluding carboxylic acids is 1. The van der Waals surface area contributed by atoms with E-state index in [1.54, 1.807) is 19.1 Å². The molecule has 3 aromatic rings. The second-order valence-electron chi connectivity index (χ2n) is 6.76. The standard InChI is InChI=1S/C22H17F3N2O5/c1-12-8-13(11-28)2-6-18(12)32-19-7-3-14(22(23,24)25)9-16(19)20(29)27-15-4-5-17(21(30)31)26-10-15/h2-10,28H,11H2,1H3,(H,27,29)(H,30,31). The highest BCUT2D eigenvalue weighted by molar-refractivity contribution is 6.06. The fourth-order valence-electron chi connectivity index (χ4n) is 2.81. The molecule has 0 radical (unpaired) electrons. The number of aliphatic hydroxyl groups is 1. The molecule has 0 saturated carbocycles. The normalized spacial score (nSPS) is 11.2.